The first-order valence-electron chi connectivity index (χ1n) is 10.7. The van der Waals surface area contributed by atoms with Crippen LogP contribution < -0.4 is 16.6 Å². The van der Waals surface area contributed by atoms with Gasteiger partial charge in [0.25, 0.3) is 11.5 Å². The highest BCUT2D eigenvalue weighted by molar-refractivity contribution is 5.91. The van der Waals surface area contributed by atoms with Crippen molar-refractivity contribution >= 4 is 5.91 Å². The van der Waals surface area contributed by atoms with E-state index in [-0.39, 0.29) is 18.8 Å². The Bertz CT molecular complexity index is 1410. The average molecular weight is 459 g/mol. The summed E-state index contributed by atoms with van der Waals surface area (Å²) in [6.45, 7) is 2.11. The molecular weight excluding hydrogens is 437 g/mol. The molecule has 0 atom stereocenters. The summed E-state index contributed by atoms with van der Waals surface area (Å²) in [6, 6.07) is 17.9. The standard InChI is InChI=1S/C25H22FN5O3/c1-17-5-7-18(8-6-17)16-30-24(33)22(23(32)28-15-13-20-4-2-3-14-27-20)29-31(25(30)34)21-11-9-19(26)10-12-21/h2-12,14H,13,15-16H2,1H3,(H,28,32). The smallest absolute Gasteiger partial charge is 0.350 e. The fourth-order valence-electron chi connectivity index (χ4n) is 3.36. The average Bonchev–Trinajstić information content (AvgIpc) is 2.84. The van der Waals surface area contributed by atoms with E-state index in [1.807, 2.05) is 31.2 Å². The maximum absolute atomic E-state index is 13.4. The van der Waals surface area contributed by atoms with Crippen molar-refractivity contribution in [1.29, 1.82) is 0 Å². The number of carbonyl (C=O) groups is 1. The molecular formula is C25H22FN5O3. The maximum Gasteiger partial charge on any atom is 0.352 e. The van der Waals surface area contributed by atoms with E-state index in [2.05, 4.69) is 15.4 Å². The number of hydrogen-bond acceptors (Lipinski definition) is 5. The van der Waals surface area contributed by atoms with E-state index in [4.69, 9.17) is 0 Å². The van der Waals surface area contributed by atoms with Crippen LogP contribution in [0.4, 0.5) is 4.39 Å². The summed E-state index contributed by atoms with van der Waals surface area (Å²) in [5.74, 6) is -1.20. The third kappa shape index (κ3) is 5.15. The second-order valence-electron chi connectivity index (χ2n) is 7.72. The molecule has 9 heteroatoms. The van der Waals surface area contributed by atoms with Crippen LogP contribution in [0, 0.1) is 12.7 Å². The van der Waals surface area contributed by atoms with Crippen LogP contribution in [-0.2, 0) is 13.0 Å². The van der Waals surface area contributed by atoms with Gasteiger partial charge in [-0.05, 0) is 48.9 Å². The van der Waals surface area contributed by atoms with E-state index in [1.54, 1.807) is 24.4 Å². The summed E-state index contributed by atoms with van der Waals surface area (Å²) in [6.07, 6.45) is 2.11. The van der Waals surface area contributed by atoms with Crippen LogP contribution in [0.15, 0.2) is 82.5 Å². The zero-order valence-corrected chi connectivity index (χ0v) is 18.4. The molecule has 2 heterocycles. The number of benzene rings is 2. The largest absolute Gasteiger partial charge is 0.352 e. The maximum atomic E-state index is 13.4. The van der Waals surface area contributed by atoms with Gasteiger partial charge in [-0.25, -0.2) is 9.18 Å². The quantitative estimate of drug-likeness (QED) is 0.457. The van der Waals surface area contributed by atoms with Crippen molar-refractivity contribution in [3.05, 3.63) is 122 Å². The molecule has 2 aromatic heterocycles. The van der Waals surface area contributed by atoms with Gasteiger partial charge in [-0.2, -0.15) is 9.78 Å². The molecule has 0 aliphatic carbocycles. The summed E-state index contributed by atoms with van der Waals surface area (Å²) in [7, 11) is 0. The molecule has 0 bridgehead atoms. The van der Waals surface area contributed by atoms with E-state index < -0.39 is 28.7 Å². The molecule has 0 unspecified atom stereocenters. The lowest BCUT2D eigenvalue weighted by Gasteiger charge is -2.12. The summed E-state index contributed by atoms with van der Waals surface area (Å²) >= 11 is 0. The van der Waals surface area contributed by atoms with Crippen molar-refractivity contribution in [3.63, 3.8) is 0 Å². The van der Waals surface area contributed by atoms with Gasteiger partial charge in [0.05, 0.1) is 12.2 Å². The molecule has 1 N–H and O–H groups in total. The van der Waals surface area contributed by atoms with Crippen LogP contribution in [-0.4, -0.2) is 31.8 Å². The van der Waals surface area contributed by atoms with Gasteiger partial charge < -0.3 is 5.32 Å². The second-order valence-corrected chi connectivity index (χ2v) is 7.72. The van der Waals surface area contributed by atoms with Gasteiger partial charge in [0, 0.05) is 24.9 Å². The van der Waals surface area contributed by atoms with Crippen LogP contribution in [0.25, 0.3) is 5.69 Å². The van der Waals surface area contributed by atoms with Gasteiger partial charge in [-0.15, -0.1) is 0 Å². The molecule has 0 saturated carbocycles. The van der Waals surface area contributed by atoms with Crippen molar-refractivity contribution in [2.24, 2.45) is 0 Å². The summed E-state index contributed by atoms with van der Waals surface area (Å²) in [5.41, 5.74) is 0.777. The first-order chi connectivity index (χ1) is 16.4. The fraction of sp³-hybridized carbons (Fsp3) is 0.160. The van der Waals surface area contributed by atoms with Crippen molar-refractivity contribution in [2.75, 3.05) is 6.54 Å². The Balaban J connectivity index is 1.70. The molecule has 172 valence electrons. The Kier molecular flexibility index (Phi) is 6.72. The molecule has 0 radical (unpaired) electrons. The van der Waals surface area contributed by atoms with Crippen molar-refractivity contribution in [1.82, 2.24) is 24.6 Å². The number of nitrogens with zero attached hydrogens (tertiary/aromatic N) is 4. The SMILES string of the molecule is Cc1ccc(Cn2c(=O)c(C(=O)NCCc3ccccn3)nn(-c3ccc(F)cc3)c2=O)cc1. The number of hydrogen-bond donors (Lipinski definition) is 1. The van der Waals surface area contributed by atoms with Crippen LogP contribution >= 0.6 is 0 Å². The minimum Gasteiger partial charge on any atom is -0.350 e. The van der Waals surface area contributed by atoms with Gasteiger partial charge in [0.15, 0.2) is 0 Å². The molecule has 4 aromatic rings. The minimum absolute atomic E-state index is 0.0458. The number of aromatic nitrogens is 4. The number of aryl methyl sites for hydroxylation is 1. The number of carbonyl (C=O) groups excluding carboxylic acids is 1. The Morgan fingerprint density at radius 1 is 1.00 bits per heavy atom. The number of halogens is 1. The third-order valence-corrected chi connectivity index (χ3v) is 5.20. The van der Waals surface area contributed by atoms with E-state index in [9.17, 15) is 18.8 Å². The Labute approximate surface area is 194 Å². The van der Waals surface area contributed by atoms with E-state index in [0.717, 1.165) is 20.5 Å². The Morgan fingerprint density at radius 3 is 2.41 bits per heavy atom. The highest BCUT2D eigenvalue weighted by Gasteiger charge is 2.20. The lowest BCUT2D eigenvalue weighted by atomic mass is 10.1. The topological polar surface area (TPSA) is 98.9 Å². The fourth-order valence-corrected chi connectivity index (χ4v) is 3.36. The lowest BCUT2D eigenvalue weighted by molar-refractivity contribution is 0.0944. The number of rotatable bonds is 7. The Hall–Kier alpha value is -4.40. The molecule has 0 saturated heterocycles. The van der Waals surface area contributed by atoms with Crippen LogP contribution in [0.2, 0.25) is 0 Å². The molecule has 0 fully saturated rings. The molecule has 8 nitrogen and oxygen atoms in total. The number of nitrogens with one attached hydrogen (secondary N) is 1. The molecule has 34 heavy (non-hydrogen) atoms. The predicted molar refractivity (Wildman–Crippen MR) is 125 cm³/mol. The van der Waals surface area contributed by atoms with Crippen molar-refractivity contribution in [2.45, 2.75) is 19.9 Å². The highest BCUT2D eigenvalue weighted by atomic mass is 19.1. The minimum atomic E-state index is -0.806. The van der Waals surface area contributed by atoms with E-state index in [0.29, 0.717) is 12.0 Å². The second kappa shape index (κ2) is 10.0. The summed E-state index contributed by atoms with van der Waals surface area (Å²) in [4.78, 5) is 43.3. The normalized spacial score (nSPS) is 10.8. The molecule has 0 aliphatic rings. The van der Waals surface area contributed by atoms with Crippen LogP contribution in [0.5, 0.6) is 0 Å². The van der Waals surface area contributed by atoms with Crippen molar-refractivity contribution in [3.8, 4) is 5.69 Å². The van der Waals surface area contributed by atoms with Crippen LogP contribution in [0.3, 0.4) is 0 Å². The van der Waals surface area contributed by atoms with E-state index >= 15 is 0 Å². The zero-order chi connectivity index (χ0) is 24.1. The molecule has 4 rings (SSSR count). The molecule has 0 spiro atoms. The van der Waals surface area contributed by atoms with E-state index in [1.165, 1.54) is 24.3 Å². The number of amides is 1. The molecule has 1 amide bonds. The summed E-state index contributed by atoms with van der Waals surface area (Å²) < 4.78 is 15.3. The molecule has 2 aromatic carbocycles. The number of pyridine rings is 1. The van der Waals surface area contributed by atoms with Gasteiger partial charge >= 0.3 is 5.69 Å². The van der Waals surface area contributed by atoms with Gasteiger partial charge in [-0.3, -0.25) is 19.1 Å². The molecule has 0 aliphatic heterocycles. The monoisotopic (exact) mass is 459 g/mol. The van der Waals surface area contributed by atoms with Crippen LogP contribution in [0.1, 0.15) is 27.3 Å². The van der Waals surface area contributed by atoms with Gasteiger partial charge in [-0.1, -0.05) is 35.9 Å². The highest BCUT2D eigenvalue weighted by Crippen LogP contribution is 2.07. The van der Waals surface area contributed by atoms with Gasteiger partial charge in [0.1, 0.15) is 5.82 Å². The van der Waals surface area contributed by atoms with Gasteiger partial charge in [0.2, 0.25) is 5.69 Å². The first kappa shape index (κ1) is 22.8. The summed E-state index contributed by atoms with van der Waals surface area (Å²) in [5, 5.41) is 6.70. The Morgan fingerprint density at radius 2 is 1.74 bits per heavy atom. The predicted octanol–water partition coefficient (Wildman–Crippen LogP) is 2.26. The zero-order valence-electron chi connectivity index (χ0n) is 18.4. The lowest BCUT2D eigenvalue weighted by Crippen LogP contribution is -2.46. The first-order valence-corrected chi connectivity index (χ1v) is 10.7. The third-order valence-electron chi connectivity index (χ3n) is 5.20. The van der Waals surface area contributed by atoms with Crippen molar-refractivity contribution < 1.29 is 9.18 Å².